The summed E-state index contributed by atoms with van der Waals surface area (Å²) in [6, 6.07) is 3.77. The van der Waals surface area contributed by atoms with Crippen molar-refractivity contribution in [3.05, 3.63) is 43.6 Å². The molecular weight excluding hydrogens is 409 g/mol. The predicted octanol–water partition coefficient (Wildman–Crippen LogP) is 4.09. The van der Waals surface area contributed by atoms with Crippen LogP contribution in [-0.4, -0.2) is 15.7 Å². The average Bonchev–Trinajstić information content (AvgIpc) is 2.82. The maximum Gasteiger partial charge on any atom is 0.256 e. The highest BCUT2D eigenvalue weighted by molar-refractivity contribution is 9.11. The number of halogens is 3. The number of carbonyl (C=O) groups is 1. The topological polar surface area (TPSA) is 46.9 Å². The lowest BCUT2D eigenvalue weighted by Crippen LogP contribution is -2.04. The molecule has 0 atom stereocenters. The van der Waals surface area contributed by atoms with Crippen LogP contribution in [0, 0.1) is 0 Å². The van der Waals surface area contributed by atoms with E-state index in [9.17, 15) is 4.79 Å². The van der Waals surface area contributed by atoms with Crippen molar-refractivity contribution in [1.29, 1.82) is 0 Å². The Balaban J connectivity index is 2.17. The standard InChI is InChI=1S/C13H8Br2ClN3O/c1-19-5-10(16)11(18-19)4-8-7-2-6(14)3-9(15)12(7)17-13(8)20/h2-5H,1H3,(H,17,20). The van der Waals surface area contributed by atoms with E-state index in [0.717, 1.165) is 20.2 Å². The van der Waals surface area contributed by atoms with E-state index in [2.05, 4.69) is 42.3 Å². The lowest BCUT2D eigenvalue weighted by Gasteiger charge is -2.02. The number of aryl methyl sites for hydroxylation is 1. The van der Waals surface area contributed by atoms with Crippen LogP contribution in [0.1, 0.15) is 11.3 Å². The van der Waals surface area contributed by atoms with E-state index in [4.69, 9.17) is 11.6 Å². The van der Waals surface area contributed by atoms with Gasteiger partial charge in [0.1, 0.15) is 5.69 Å². The molecule has 1 aromatic heterocycles. The molecule has 0 unspecified atom stereocenters. The van der Waals surface area contributed by atoms with Gasteiger partial charge < -0.3 is 5.32 Å². The third-order valence-electron chi connectivity index (χ3n) is 2.92. The summed E-state index contributed by atoms with van der Waals surface area (Å²) in [5.74, 6) is -0.166. The minimum absolute atomic E-state index is 0.166. The minimum Gasteiger partial charge on any atom is -0.320 e. The molecule has 1 aliphatic heterocycles. The number of nitrogens with zero attached hydrogens (tertiary/aromatic N) is 2. The molecular formula is C13H8Br2ClN3O. The first-order valence-corrected chi connectivity index (χ1v) is 7.63. The lowest BCUT2D eigenvalue weighted by molar-refractivity contribution is -0.110. The van der Waals surface area contributed by atoms with Gasteiger partial charge in [0, 0.05) is 27.8 Å². The first kappa shape index (κ1) is 13.9. The van der Waals surface area contributed by atoms with Gasteiger partial charge in [-0.25, -0.2) is 0 Å². The number of fused-ring (bicyclic) bond motifs is 1. The van der Waals surface area contributed by atoms with Crippen LogP contribution in [0.5, 0.6) is 0 Å². The number of hydrogen-bond donors (Lipinski definition) is 1. The van der Waals surface area contributed by atoms with Gasteiger partial charge in [-0.2, -0.15) is 5.10 Å². The van der Waals surface area contributed by atoms with E-state index < -0.39 is 0 Å². The quantitative estimate of drug-likeness (QED) is 0.711. The van der Waals surface area contributed by atoms with Gasteiger partial charge in [-0.3, -0.25) is 9.48 Å². The molecule has 0 saturated carbocycles. The van der Waals surface area contributed by atoms with Gasteiger partial charge in [0.2, 0.25) is 0 Å². The zero-order valence-electron chi connectivity index (χ0n) is 10.2. The summed E-state index contributed by atoms with van der Waals surface area (Å²) in [6.07, 6.45) is 3.39. The Kier molecular flexibility index (Phi) is 3.48. The van der Waals surface area contributed by atoms with Crippen molar-refractivity contribution < 1.29 is 4.79 Å². The highest BCUT2D eigenvalue weighted by atomic mass is 79.9. The van der Waals surface area contributed by atoms with Crippen LogP contribution in [0.2, 0.25) is 5.02 Å². The number of carbonyl (C=O) groups excluding carboxylic acids is 1. The van der Waals surface area contributed by atoms with Crippen LogP contribution < -0.4 is 5.32 Å². The number of hydrogen-bond acceptors (Lipinski definition) is 2. The number of nitrogens with one attached hydrogen (secondary N) is 1. The van der Waals surface area contributed by atoms with Crippen LogP contribution in [0.4, 0.5) is 5.69 Å². The second kappa shape index (κ2) is 5.02. The van der Waals surface area contributed by atoms with Gasteiger partial charge in [0.15, 0.2) is 0 Å². The molecule has 1 N–H and O–H groups in total. The highest BCUT2D eigenvalue weighted by Gasteiger charge is 2.27. The second-order valence-electron chi connectivity index (χ2n) is 4.36. The zero-order chi connectivity index (χ0) is 14.4. The molecule has 3 rings (SSSR count). The molecule has 20 heavy (non-hydrogen) atoms. The van der Waals surface area contributed by atoms with Crippen molar-refractivity contribution >= 4 is 66.7 Å². The van der Waals surface area contributed by atoms with Gasteiger partial charge >= 0.3 is 0 Å². The van der Waals surface area contributed by atoms with E-state index in [1.54, 1.807) is 24.0 Å². The molecule has 2 aromatic rings. The van der Waals surface area contributed by atoms with E-state index in [1.165, 1.54) is 0 Å². The minimum atomic E-state index is -0.166. The Morgan fingerprint density at radius 1 is 1.40 bits per heavy atom. The average molecular weight is 417 g/mol. The van der Waals surface area contributed by atoms with Crippen molar-refractivity contribution in [2.75, 3.05) is 5.32 Å². The third-order valence-corrected chi connectivity index (χ3v) is 4.29. The Bertz CT molecular complexity index is 767. The first-order valence-electron chi connectivity index (χ1n) is 5.67. The molecule has 0 radical (unpaired) electrons. The number of benzene rings is 1. The second-order valence-corrected chi connectivity index (χ2v) is 6.54. The Hall–Kier alpha value is -1.11. The third kappa shape index (κ3) is 2.32. The van der Waals surface area contributed by atoms with Crippen LogP contribution in [0.25, 0.3) is 11.6 Å². The monoisotopic (exact) mass is 415 g/mol. The Labute approximate surface area is 137 Å². The summed E-state index contributed by atoms with van der Waals surface area (Å²) in [7, 11) is 1.78. The predicted molar refractivity (Wildman–Crippen MR) is 86.6 cm³/mol. The van der Waals surface area contributed by atoms with Crippen molar-refractivity contribution in [1.82, 2.24) is 9.78 Å². The number of aromatic nitrogens is 2. The van der Waals surface area contributed by atoms with Gasteiger partial charge in [0.05, 0.1) is 16.3 Å². The molecule has 0 spiro atoms. The molecule has 0 bridgehead atoms. The fourth-order valence-corrected chi connectivity index (χ4v) is 3.63. The maximum atomic E-state index is 12.1. The molecule has 7 heteroatoms. The number of anilines is 1. The molecule has 0 aliphatic carbocycles. The molecule has 0 saturated heterocycles. The fourth-order valence-electron chi connectivity index (χ4n) is 2.07. The van der Waals surface area contributed by atoms with Crippen LogP contribution in [-0.2, 0) is 11.8 Å². The van der Waals surface area contributed by atoms with E-state index in [1.807, 2.05) is 12.1 Å². The number of rotatable bonds is 1. The van der Waals surface area contributed by atoms with E-state index in [-0.39, 0.29) is 5.91 Å². The van der Waals surface area contributed by atoms with Crippen molar-refractivity contribution in [2.24, 2.45) is 7.05 Å². The van der Waals surface area contributed by atoms with Crippen LogP contribution in [0.3, 0.4) is 0 Å². The Morgan fingerprint density at radius 2 is 2.15 bits per heavy atom. The summed E-state index contributed by atoms with van der Waals surface area (Å²) < 4.78 is 3.32. The molecule has 2 heterocycles. The SMILES string of the molecule is Cn1cc(Cl)c(C=C2C(=O)Nc3c(Br)cc(Br)cc32)n1. The summed E-state index contributed by atoms with van der Waals surface area (Å²) in [4.78, 5) is 12.1. The highest BCUT2D eigenvalue weighted by Crippen LogP contribution is 2.40. The maximum absolute atomic E-state index is 12.1. The molecule has 1 aromatic carbocycles. The van der Waals surface area contributed by atoms with E-state index >= 15 is 0 Å². The summed E-state index contributed by atoms with van der Waals surface area (Å²) in [6.45, 7) is 0. The van der Waals surface area contributed by atoms with Crippen LogP contribution >= 0.6 is 43.5 Å². The summed E-state index contributed by atoms with van der Waals surface area (Å²) in [5, 5.41) is 7.58. The molecule has 1 amide bonds. The normalized spacial score (nSPS) is 15.6. The largest absolute Gasteiger partial charge is 0.320 e. The van der Waals surface area contributed by atoms with Crippen LogP contribution in [0.15, 0.2) is 27.3 Å². The Morgan fingerprint density at radius 3 is 2.80 bits per heavy atom. The van der Waals surface area contributed by atoms with Crippen molar-refractivity contribution in [3.8, 4) is 0 Å². The number of amides is 1. The van der Waals surface area contributed by atoms with Gasteiger partial charge in [-0.15, -0.1) is 0 Å². The fraction of sp³-hybridized carbons (Fsp3) is 0.0769. The summed E-state index contributed by atoms with van der Waals surface area (Å²) in [5.41, 5.74) is 2.69. The van der Waals surface area contributed by atoms with Crippen molar-refractivity contribution in [3.63, 3.8) is 0 Å². The van der Waals surface area contributed by atoms with Gasteiger partial charge in [-0.05, 0) is 34.1 Å². The molecule has 0 fully saturated rings. The van der Waals surface area contributed by atoms with Crippen molar-refractivity contribution in [2.45, 2.75) is 0 Å². The smallest absolute Gasteiger partial charge is 0.256 e. The van der Waals surface area contributed by atoms with Gasteiger partial charge in [-0.1, -0.05) is 27.5 Å². The summed E-state index contributed by atoms with van der Waals surface area (Å²) >= 11 is 12.9. The molecule has 4 nitrogen and oxygen atoms in total. The van der Waals surface area contributed by atoms with E-state index in [0.29, 0.717) is 16.3 Å². The lowest BCUT2D eigenvalue weighted by atomic mass is 10.1. The first-order chi connectivity index (χ1) is 9.45. The van der Waals surface area contributed by atoms with Gasteiger partial charge in [0.25, 0.3) is 5.91 Å². The molecule has 102 valence electrons. The molecule has 1 aliphatic rings. The zero-order valence-corrected chi connectivity index (χ0v) is 14.2.